The van der Waals surface area contributed by atoms with Crippen LogP contribution in [-0.4, -0.2) is 61.1 Å². The summed E-state index contributed by atoms with van der Waals surface area (Å²) in [5, 5.41) is 62.3. The molecule has 1 atom stereocenters. The summed E-state index contributed by atoms with van der Waals surface area (Å²) in [5.74, 6) is -6.25. The highest BCUT2D eigenvalue weighted by Crippen LogP contribution is 2.63. The van der Waals surface area contributed by atoms with E-state index in [1.807, 2.05) is 0 Å². The molecule has 148 valence electrons. The van der Waals surface area contributed by atoms with E-state index in [9.17, 15) is 30.6 Å². The van der Waals surface area contributed by atoms with Crippen LogP contribution in [0.15, 0.2) is 0 Å². The molecule has 1 aromatic carbocycles. The molecular formula is C17H27ClN2O6. The number of phenolic OH excluding ortho intramolecular Hbond substituents is 4. The number of nitrogens with zero attached hydrogens (tertiary/aromatic N) is 1. The lowest BCUT2D eigenvalue weighted by Gasteiger charge is -2.62. The quantitative estimate of drug-likeness (QED) is 0.224. The van der Waals surface area contributed by atoms with Crippen molar-refractivity contribution < 1.29 is 30.6 Å². The van der Waals surface area contributed by atoms with Gasteiger partial charge in [-0.15, -0.1) is 0 Å². The van der Waals surface area contributed by atoms with Crippen molar-refractivity contribution in [3.63, 3.8) is 0 Å². The lowest BCUT2D eigenvalue weighted by molar-refractivity contribution is -0.295. The number of rotatable bonds is 5. The van der Waals surface area contributed by atoms with Crippen LogP contribution >= 0.6 is 11.6 Å². The number of aliphatic hydroxyl groups is 2. The molecule has 0 aromatic heterocycles. The molecule has 0 heterocycles. The van der Waals surface area contributed by atoms with Crippen LogP contribution in [0.2, 0.25) is 5.02 Å². The Labute approximate surface area is 157 Å². The third-order valence-corrected chi connectivity index (χ3v) is 6.18. The molecule has 2 rings (SSSR count). The third kappa shape index (κ3) is 2.36. The molecule has 9 heteroatoms. The van der Waals surface area contributed by atoms with Gasteiger partial charge in [0, 0.05) is 11.3 Å². The Hall–Kier alpha value is -1.45. The van der Waals surface area contributed by atoms with E-state index in [0.717, 1.165) is 0 Å². The van der Waals surface area contributed by atoms with Gasteiger partial charge in [-0.3, -0.25) is 4.90 Å². The minimum absolute atomic E-state index is 0.257. The van der Waals surface area contributed by atoms with Crippen molar-refractivity contribution in [3.8, 4) is 23.0 Å². The Kier molecular flexibility index (Phi) is 5.07. The molecule has 1 saturated carbocycles. The molecule has 0 bridgehead atoms. The molecule has 0 spiro atoms. The summed E-state index contributed by atoms with van der Waals surface area (Å²) in [7, 11) is 3.10. The first-order valence-corrected chi connectivity index (χ1v) is 8.72. The Morgan fingerprint density at radius 3 is 1.69 bits per heavy atom. The van der Waals surface area contributed by atoms with Gasteiger partial charge >= 0.3 is 0 Å². The van der Waals surface area contributed by atoms with E-state index in [1.165, 1.54) is 4.90 Å². The second kappa shape index (κ2) is 6.31. The van der Waals surface area contributed by atoms with Crippen LogP contribution in [0, 0.1) is 5.92 Å². The molecule has 1 aromatic rings. The van der Waals surface area contributed by atoms with E-state index in [0.29, 0.717) is 6.42 Å². The number of phenols is 4. The smallest absolute Gasteiger partial charge is 0.198 e. The van der Waals surface area contributed by atoms with Crippen molar-refractivity contribution in [1.82, 2.24) is 4.90 Å². The first kappa shape index (κ1) is 20.9. The zero-order valence-electron chi connectivity index (χ0n) is 15.3. The molecule has 8 N–H and O–H groups in total. The Morgan fingerprint density at radius 2 is 1.42 bits per heavy atom. The van der Waals surface area contributed by atoms with E-state index in [2.05, 4.69) is 0 Å². The Morgan fingerprint density at radius 1 is 1.00 bits per heavy atom. The minimum atomic E-state index is -2.43. The number of aromatic hydroxyl groups is 4. The van der Waals surface area contributed by atoms with E-state index in [1.54, 1.807) is 27.9 Å². The van der Waals surface area contributed by atoms with Crippen LogP contribution in [0.4, 0.5) is 0 Å². The van der Waals surface area contributed by atoms with Crippen LogP contribution in [0.3, 0.4) is 0 Å². The van der Waals surface area contributed by atoms with Gasteiger partial charge in [0.1, 0.15) is 10.7 Å². The molecule has 0 amide bonds. The summed E-state index contributed by atoms with van der Waals surface area (Å²) in [6.07, 6.45) is 1.18. The molecule has 1 fully saturated rings. The van der Waals surface area contributed by atoms with Crippen LogP contribution in [0.25, 0.3) is 0 Å². The Bertz CT molecular complexity index is 689. The Balaban J connectivity index is 2.89. The lowest BCUT2D eigenvalue weighted by Crippen LogP contribution is -2.80. The summed E-state index contributed by atoms with van der Waals surface area (Å²) in [4.78, 5) is 1.41. The highest BCUT2D eigenvalue weighted by Gasteiger charge is 2.67. The van der Waals surface area contributed by atoms with Gasteiger partial charge in [-0.1, -0.05) is 31.9 Å². The van der Waals surface area contributed by atoms with E-state index < -0.39 is 50.8 Å². The SMILES string of the molecule is CC(C)C(O)(O)C(N)(N(C)C)C1(c2c(O)c(O)c(Cl)c(O)c2O)CCC1. The fourth-order valence-corrected chi connectivity index (χ4v) is 4.20. The fraction of sp³-hybridized carbons (Fsp3) is 0.647. The first-order chi connectivity index (χ1) is 11.8. The molecule has 1 unspecified atom stereocenters. The van der Waals surface area contributed by atoms with Crippen molar-refractivity contribution in [2.75, 3.05) is 14.1 Å². The van der Waals surface area contributed by atoms with E-state index in [-0.39, 0.29) is 18.4 Å². The predicted octanol–water partition coefficient (Wildman–Crippen LogP) is 1.14. The number of hydrogen-bond donors (Lipinski definition) is 7. The summed E-state index contributed by atoms with van der Waals surface area (Å²) < 4.78 is 0. The summed E-state index contributed by atoms with van der Waals surface area (Å²) >= 11 is 5.73. The van der Waals surface area contributed by atoms with Gasteiger partial charge < -0.3 is 36.4 Å². The standard InChI is InChI=1S/C17H27ClN2O6/c1-8(2)16(25,26)17(19,20(3)4)15(6-5-7-15)9-11(21)13(23)10(18)14(24)12(9)22/h8,21-26H,5-7,19H2,1-4H3. The topological polar surface area (TPSA) is 151 Å². The maximum absolute atomic E-state index is 10.9. The van der Waals surface area contributed by atoms with Gasteiger partial charge in [0.2, 0.25) is 0 Å². The first-order valence-electron chi connectivity index (χ1n) is 8.34. The average molecular weight is 391 g/mol. The zero-order chi connectivity index (χ0) is 20.2. The van der Waals surface area contributed by atoms with Gasteiger partial charge in [-0.25, -0.2) is 0 Å². The molecule has 1 aliphatic rings. The van der Waals surface area contributed by atoms with Crippen LogP contribution in [0.1, 0.15) is 38.7 Å². The lowest BCUT2D eigenvalue weighted by atomic mass is 9.53. The predicted molar refractivity (Wildman–Crippen MR) is 96.3 cm³/mol. The third-order valence-electron chi connectivity index (χ3n) is 5.82. The summed E-state index contributed by atoms with van der Waals surface area (Å²) in [6, 6.07) is 0. The highest BCUT2D eigenvalue weighted by molar-refractivity contribution is 6.34. The van der Waals surface area contributed by atoms with Crippen molar-refractivity contribution in [3.05, 3.63) is 10.6 Å². The van der Waals surface area contributed by atoms with Crippen LogP contribution < -0.4 is 5.73 Å². The monoisotopic (exact) mass is 390 g/mol. The largest absolute Gasteiger partial charge is 0.504 e. The second-order valence-corrected chi connectivity index (χ2v) is 7.94. The van der Waals surface area contributed by atoms with Gasteiger partial charge in [-0.05, 0) is 26.9 Å². The van der Waals surface area contributed by atoms with Crippen molar-refractivity contribution in [2.45, 2.75) is 50.0 Å². The summed E-state index contributed by atoms with van der Waals surface area (Å²) in [6.45, 7) is 3.15. The van der Waals surface area contributed by atoms with Gasteiger partial charge in [0.15, 0.2) is 28.8 Å². The number of halogens is 1. The van der Waals surface area contributed by atoms with Gasteiger partial charge in [-0.2, -0.15) is 0 Å². The fourth-order valence-electron chi connectivity index (χ4n) is 4.02. The number of likely N-dealkylation sites (N-methyl/N-ethyl adjacent to an activating group) is 1. The molecular weight excluding hydrogens is 364 g/mol. The maximum atomic E-state index is 10.9. The molecule has 0 radical (unpaired) electrons. The van der Waals surface area contributed by atoms with E-state index >= 15 is 0 Å². The highest BCUT2D eigenvalue weighted by atomic mass is 35.5. The number of nitrogens with two attached hydrogens (primary N) is 1. The van der Waals surface area contributed by atoms with Crippen molar-refractivity contribution in [1.29, 1.82) is 0 Å². The molecule has 1 aliphatic carbocycles. The van der Waals surface area contributed by atoms with Gasteiger partial charge in [0.05, 0.1) is 5.56 Å². The molecule has 26 heavy (non-hydrogen) atoms. The van der Waals surface area contributed by atoms with Crippen LogP contribution in [-0.2, 0) is 5.41 Å². The van der Waals surface area contributed by atoms with Crippen molar-refractivity contribution in [2.24, 2.45) is 11.7 Å². The minimum Gasteiger partial charge on any atom is -0.504 e. The molecule has 0 aliphatic heterocycles. The second-order valence-electron chi connectivity index (χ2n) is 7.56. The normalized spacial score (nSPS) is 19.5. The van der Waals surface area contributed by atoms with Gasteiger partial charge in [0.25, 0.3) is 0 Å². The van der Waals surface area contributed by atoms with E-state index in [4.69, 9.17) is 17.3 Å². The maximum Gasteiger partial charge on any atom is 0.198 e. The average Bonchev–Trinajstić information content (AvgIpc) is 2.52. The summed E-state index contributed by atoms with van der Waals surface area (Å²) in [5.41, 5.74) is 3.09. The van der Waals surface area contributed by atoms with Crippen molar-refractivity contribution >= 4 is 11.6 Å². The number of hydrogen-bond acceptors (Lipinski definition) is 8. The molecule has 0 saturated heterocycles. The molecule has 8 nitrogen and oxygen atoms in total. The zero-order valence-corrected chi connectivity index (χ0v) is 16.0. The number of benzene rings is 1. The van der Waals surface area contributed by atoms with Crippen LogP contribution in [0.5, 0.6) is 23.0 Å².